The van der Waals surface area contributed by atoms with Crippen LogP contribution in [0.1, 0.15) is 17.0 Å². The zero-order chi connectivity index (χ0) is 12.4. The van der Waals surface area contributed by atoms with Gasteiger partial charge in [0.25, 0.3) is 0 Å². The second-order valence-electron chi connectivity index (χ2n) is 4.04. The third-order valence-electron chi connectivity index (χ3n) is 2.51. The van der Waals surface area contributed by atoms with Crippen molar-refractivity contribution in [1.82, 2.24) is 4.90 Å². The molecule has 0 saturated heterocycles. The molecule has 1 aromatic heterocycles. The van der Waals surface area contributed by atoms with E-state index in [0.717, 1.165) is 5.39 Å². The van der Waals surface area contributed by atoms with Crippen LogP contribution in [-0.4, -0.2) is 30.7 Å². The Morgan fingerprint density at radius 2 is 1.94 bits per heavy atom. The minimum atomic E-state index is -0.292. The Bertz CT molecular complexity index is 536. The minimum absolute atomic E-state index is 0.160. The molecule has 1 amide bonds. The Labute approximate surface area is 98.8 Å². The summed E-state index contributed by atoms with van der Waals surface area (Å²) in [5.41, 5.74) is 0.660. The molecule has 0 spiro atoms. The first kappa shape index (κ1) is 11.4. The summed E-state index contributed by atoms with van der Waals surface area (Å²) in [5.74, 6) is -0.281. The molecule has 0 atom stereocenters. The predicted octanol–water partition coefficient (Wildman–Crippen LogP) is 2.09. The van der Waals surface area contributed by atoms with Crippen LogP contribution in [0.2, 0.25) is 0 Å². The highest BCUT2D eigenvalue weighted by Crippen LogP contribution is 2.19. The summed E-state index contributed by atoms with van der Waals surface area (Å²) in [5, 5.41) is 0.869. The summed E-state index contributed by atoms with van der Waals surface area (Å²) < 4.78 is 5.39. The van der Waals surface area contributed by atoms with Crippen molar-refractivity contribution >= 4 is 22.7 Å². The van der Waals surface area contributed by atoms with Crippen molar-refractivity contribution in [1.29, 1.82) is 0 Å². The Morgan fingerprint density at radius 3 is 2.59 bits per heavy atom. The van der Waals surface area contributed by atoms with Crippen LogP contribution < -0.4 is 0 Å². The number of benzene rings is 1. The van der Waals surface area contributed by atoms with Crippen molar-refractivity contribution in [3.05, 3.63) is 36.1 Å². The number of carbonyl (C=O) groups is 2. The molecule has 0 fully saturated rings. The van der Waals surface area contributed by atoms with E-state index in [4.69, 9.17) is 4.42 Å². The van der Waals surface area contributed by atoms with E-state index >= 15 is 0 Å². The lowest BCUT2D eigenvalue weighted by atomic mass is 10.2. The molecule has 0 radical (unpaired) electrons. The second kappa shape index (κ2) is 4.41. The Morgan fingerprint density at radius 1 is 1.24 bits per heavy atom. The van der Waals surface area contributed by atoms with Gasteiger partial charge < -0.3 is 9.32 Å². The van der Waals surface area contributed by atoms with Gasteiger partial charge >= 0.3 is 0 Å². The summed E-state index contributed by atoms with van der Waals surface area (Å²) in [6, 6.07) is 9.03. The molecule has 0 aliphatic carbocycles. The Kier molecular flexibility index (Phi) is 2.95. The van der Waals surface area contributed by atoms with Gasteiger partial charge in [0.05, 0.1) is 6.42 Å². The number of nitrogens with zero attached hydrogens (tertiary/aromatic N) is 1. The van der Waals surface area contributed by atoms with E-state index in [1.165, 1.54) is 4.90 Å². The molecule has 17 heavy (non-hydrogen) atoms. The number of Topliss-reactive ketones (excluding diaryl/α,β-unsaturated/α-hetero) is 1. The summed E-state index contributed by atoms with van der Waals surface area (Å²) in [4.78, 5) is 24.6. The molecule has 4 nitrogen and oxygen atoms in total. The van der Waals surface area contributed by atoms with Crippen molar-refractivity contribution in [2.24, 2.45) is 0 Å². The first-order valence-electron chi connectivity index (χ1n) is 5.30. The fourth-order valence-electron chi connectivity index (χ4n) is 1.50. The van der Waals surface area contributed by atoms with Crippen molar-refractivity contribution in [2.45, 2.75) is 6.42 Å². The SMILES string of the molecule is CN(C)C(=O)CC(=O)c1cc2ccccc2o1. The molecule has 0 saturated carbocycles. The van der Waals surface area contributed by atoms with E-state index in [1.54, 1.807) is 26.2 Å². The van der Waals surface area contributed by atoms with Gasteiger partial charge in [0.15, 0.2) is 5.76 Å². The van der Waals surface area contributed by atoms with E-state index in [1.807, 2.05) is 18.2 Å². The van der Waals surface area contributed by atoms with Crippen LogP contribution in [0.3, 0.4) is 0 Å². The molecule has 0 aliphatic heterocycles. The molecule has 0 aliphatic rings. The topological polar surface area (TPSA) is 50.5 Å². The highest BCUT2D eigenvalue weighted by atomic mass is 16.3. The molecule has 0 bridgehead atoms. The molecule has 4 heteroatoms. The quantitative estimate of drug-likeness (QED) is 0.600. The number of hydrogen-bond donors (Lipinski definition) is 0. The van der Waals surface area contributed by atoms with E-state index in [9.17, 15) is 9.59 Å². The number of fused-ring (bicyclic) bond motifs is 1. The van der Waals surface area contributed by atoms with E-state index in [0.29, 0.717) is 5.58 Å². The van der Waals surface area contributed by atoms with Crippen molar-refractivity contribution in [2.75, 3.05) is 14.1 Å². The standard InChI is InChI=1S/C13H13NO3/c1-14(2)13(16)8-10(15)12-7-9-5-3-4-6-11(9)17-12/h3-7H,8H2,1-2H3. The summed E-state index contributed by atoms with van der Waals surface area (Å²) >= 11 is 0. The average molecular weight is 231 g/mol. The van der Waals surface area contributed by atoms with Gasteiger partial charge in [0, 0.05) is 19.5 Å². The zero-order valence-electron chi connectivity index (χ0n) is 9.77. The number of hydrogen-bond acceptors (Lipinski definition) is 3. The van der Waals surface area contributed by atoms with E-state index in [-0.39, 0.29) is 23.9 Å². The first-order chi connectivity index (χ1) is 8.08. The summed E-state index contributed by atoms with van der Waals surface area (Å²) in [6.45, 7) is 0. The Hall–Kier alpha value is -2.10. The minimum Gasteiger partial charge on any atom is -0.453 e. The van der Waals surface area contributed by atoms with Gasteiger partial charge in [0.1, 0.15) is 5.58 Å². The summed E-state index contributed by atoms with van der Waals surface area (Å²) in [6.07, 6.45) is -0.160. The number of rotatable bonds is 3. The lowest BCUT2D eigenvalue weighted by Crippen LogP contribution is -2.24. The van der Waals surface area contributed by atoms with E-state index in [2.05, 4.69) is 0 Å². The fraction of sp³-hybridized carbons (Fsp3) is 0.231. The van der Waals surface area contributed by atoms with Gasteiger partial charge in [0.2, 0.25) is 11.7 Å². The monoisotopic (exact) mass is 231 g/mol. The molecule has 1 aromatic carbocycles. The van der Waals surface area contributed by atoms with Gasteiger partial charge in [-0.1, -0.05) is 18.2 Å². The highest BCUT2D eigenvalue weighted by Gasteiger charge is 2.16. The second-order valence-corrected chi connectivity index (χ2v) is 4.04. The maximum Gasteiger partial charge on any atom is 0.230 e. The number of carbonyl (C=O) groups excluding carboxylic acids is 2. The van der Waals surface area contributed by atoms with Crippen LogP contribution in [0.4, 0.5) is 0 Å². The molecular formula is C13H13NO3. The van der Waals surface area contributed by atoms with Crippen LogP contribution in [0.25, 0.3) is 11.0 Å². The zero-order valence-corrected chi connectivity index (χ0v) is 9.77. The maximum absolute atomic E-state index is 11.8. The average Bonchev–Trinajstić information content (AvgIpc) is 2.72. The van der Waals surface area contributed by atoms with Crippen LogP contribution in [0.5, 0.6) is 0 Å². The van der Waals surface area contributed by atoms with Crippen molar-refractivity contribution in [3.63, 3.8) is 0 Å². The van der Waals surface area contributed by atoms with Gasteiger partial charge in [-0.2, -0.15) is 0 Å². The van der Waals surface area contributed by atoms with Crippen molar-refractivity contribution < 1.29 is 14.0 Å². The number of ketones is 1. The Balaban J connectivity index is 2.22. The molecule has 2 aromatic rings. The van der Waals surface area contributed by atoms with Crippen LogP contribution >= 0.6 is 0 Å². The molecule has 88 valence electrons. The molecule has 2 rings (SSSR count). The number of furan rings is 1. The lowest BCUT2D eigenvalue weighted by molar-refractivity contribution is -0.127. The fourth-order valence-corrected chi connectivity index (χ4v) is 1.50. The lowest BCUT2D eigenvalue weighted by Gasteiger charge is -2.07. The molecule has 1 heterocycles. The molecular weight excluding hydrogens is 218 g/mol. The van der Waals surface area contributed by atoms with Crippen LogP contribution in [-0.2, 0) is 4.79 Å². The molecule has 0 N–H and O–H groups in total. The first-order valence-corrected chi connectivity index (χ1v) is 5.30. The molecule has 0 unspecified atom stereocenters. The van der Waals surface area contributed by atoms with E-state index < -0.39 is 0 Å². The normalized spacial score (nSPS) is 10.5. The number of para-hydroxylation sites is 1. The number of amides is 1. The maximum atomic E-state index is 11.8. The largest absolute Gasteiger partial charge is 0.453 e. The van der Waals surface area contributed by atoms with Gasteiger partial charge in [-0.15, -0.1) is 0 Å². The summed E-state index contributed by atoms with van der Waals surface area (Å²) in [7, 11) is 3.24. The van der Waals surface area contributed by atoms with Gasteiger partial charge in [-0.25, -0.2) is 0 Å². The highest BCUT2D eigenvalue weighted by molar-refractivity contribution is 6.07. The van der Waals surface area contributed by atoms with Crippen molar-refractivity contribution in [3.8, 4) is 0 Å². The van der Waals surface area contributed by atoms with Gasteiger partial charge in [-0.05, 0) is 12.1 Å². The third-order valence-corrected chi connectivity index (χ3v) is 2.51. The predicted molar refractivity (Wildman–Crippen MR) is 63.9 cm³/mol. The van der Waals surface area contributed by atoms with Crippen LogP contribution in [0, 0.1) is 0 Å². The van der Waals surface area contributed by atoms with Gasteiger partial charge in [-0.3, -0.25) is 9.59 Å². The smallest absolute Gasteiger partial charge is 0.230 e. The van der Waals surface area contributed by atoms with Crippen LogP contribution in [0.15, 0.2) is 34.7 Å². The third kappa shape index (κ3) is 2.36.